The number of phenolic OH excluding ortho intramolecular Hbond substituents is 1. The number of primary amides is 1. The van der Waals surface area contributed by atoms with Gasteiger partial charge in [0, 0.05) is 23.5 Å². The summed E-state index contributed by atoms with van der Waals surface area (Å²) in [6.07, 6.45) is 0.940. The molecule has 13 nitrogen and oxygen atoms in total. The molecule has 14 heteroatoms. The molecular weight excluding hydrogens is 543 g/mol. The molecule has 5 atom stereocenters. The zero-order valence-electron chi connectivity index (χ0n) is 22.4. The average Bonchev–Trinajstić information content (AvgIpc) is 3.39. The number of hydrogen-bond acceptors (Lipinski definition) is 11. The molecule has 5 rings (SSSR count). The summed E-state index contributed by atoms with van der Waals surface area (Å²) in [5.41, 5.74) is -3.47. The Kier molecular flexibility index (Phi) is 6.80. The van der Waals surface area contributed by atoms with Crippen LogP contribution in [-0.4, -0.2) is 110 Å². The Balaban J connectivity index is 1.59. The second-order valence-corrected chi connectivity index (χ2v) is 11.4. The van der Waals surface area contributed by atoms with E-state index >= 15 is 4.39 Å². The van der Waals surface area contributed by atoms with Crippen LogP contribution in [0.15, 0.2) is 17.4 Å². The van der Waals surface area contributed by atoms with Crippen molar-refractivity contribution >= 4 is 34.9 Å². The van der Waals surface area contributed by atoms with E-state index in [0.717, 1.165) is 18.9 Å². The number of likely N-dealkylation sites (N-methyl/N-ethyl adjacent to an activating group) is 1. The number of ketones is 3. The molecule has 3 aliphatic carbocycles. The number of benzene rings is 1. The first-order valence-electron chi connectivity index (χ1n) is 13.2. The van der Waals surface area contributed by atoms with Gasteiger partial charge < -0.3 is 31.5 Å². The minimum absolute atomic E-state index is 0.0371. The molecule has 7 N–H and O–H groups in total. The van der Waals surface area contributed by atoms with E-state index in [2.05, 4.69) is 5.32 Å². The minimum Gasteiger partial charge on any atom is -0.508 e. The molecule has 0 radical (unpaired) electrons. The summed E-state index contributed by atoms with van der Waals surface area (Å²) in [4.78, 5) is 68.6. The molecule has 0 unspecified atom stereocenters. The minimum atomic E-state index is -3.09. The number of aliphatic hydroxyl groups is 3. The molecule has 2 amide bonds. The molecule has 1 aliphatic heterocycles. The maximum atomic E-state index is 15.4. The number of fused-ring (bicyclic) bond motifs is 3. The quantitative estimate of drug-likeness (QED) is 0.139. The number of nitrogens with one attached hydrogen (secondary N) is 1. The first-order valence-corrected chi connectivity index (χ1v) is 13.2. The molecule has 0 bridgehead atoms. The van der Waals surface area contributed by atoms with Crippen molar-refractivity contribution in [2.45, 2.75) is 42.9 Å². The topological polar surface area (TPSA) is 211 Å². The van der Waals surface area contributed by atoms with Gasteiger partial charge >= 0.3 is 0 Å². The van der Waals surface area contributed by atoms with Gasteiger partial charge in [-0.3, -0.25) is 33.8 Å². The van der Waals surface area contributed by atoms with Gasteiger partial charge in [0.2, 0.25) is 17.5 Å². The van der Waals surface area contributed by atoms with E-state index in [4.69, 9.17) is 5.73 Å². The van der Waals surface area contributed by atoms with Crippen molar-refractivity contribution in [3.05, 3.63) is 34.3 Å². The van der Waals surface area contributed by atoms with Crippen LogP contribution >= 0.6 is 0 Å². The highest BCUT2D eigenvalue weighted by molar-refractivity contribution is 6.27. The maximum Gasteiger partial charge on any atom is 0.255 e. The molecule has 1 saturated heterocycles. The molecule has 220 valence electrons. The van der Waals surface area contributed by atoms with Crippen LogP contribution in [0.1, 0.15) is 35.2 Å². The number of phenols is 1. The zero-order valence-corrected chi connectivity index (χ0v) is 22.4. The number of carbonyl (C=O) groups is 5. The Morgan fingerprint density at radius 3 is 2.37 bits per heavy atom. The average molecular weight is 575 g/mol. The lowest BCUT2D eigenvalue weighted by Crippen LogP contribution is -2.74. The van der Waals surface area contributed by atoms with Gasteiger partial charge in [-0.2, -0.15) is 0 Å². The Morgan fingerprint density at radius 2 is 1.78 bits per heavy atom. The van der Waals surface area contributed by atoms with Crippen LogP contribution in [0.5, 0.6) is 5.75 Å². The molecule has 0 spiro atoms. The number of nitrogens with two attached hydrogens (primary N) is 1. The van der Waals surface area contributed by atoms with E-state index in [-0.39, 0.29) is 12.1 Å². The fraction of sp³-hybridized carbons (Fsp3) is 0.519. The summed E-state index contributed by atoms with van der Waals surface area (Å²) < 4.78 is 15.4. The normalized spacial score (nSPS) is 31.7. The van der Waals surface area contributed by atoms with Gasteiger partial charge in [-0.1, -0.05) is 0 Å². The van der Waals surface area contributed by atoms with Gasteiger partial charge in [0.25, 0.3) is 5.91 Å². The van der Waals surface area contributed by atoms with Crippen LogP contribution in [0.25, 0.3) is 0 Å². The van der Waals surface area contributed by atoms with E-state index < -0.39 is 105 Å². The number of anilines is 1. The number of aromatic hydroxyl groups is 1. The summed E-state index contributed by atoms with van der Waals surface area (Å²) in [5, 5.41) is 47.5. The zero-order chi connectivity index (χ0) is 30.2. The third-order valence-corrected chi connectivity index (χ3v) is 8.87. The number of likely N-dealkylation sites (tertiary alicyclic amines) is 1. The molecule has 1 aromatic rings. The maximum absolute atomic E-state index is 15.4. The molecule has 1 heterocycles. The number of nitrogens with zero attached hydrogens (tertiary/aromatic N) is 2. The van der Waals surface area contributed by atoms with E-state index in [9.17, 15) is 44.4 Å². The van der Waals surface area contributed by atoms with Crippen LogP contribution in [0.3, 0.4) is 0 Å². The smallest absolute Gasteiger partial charge is 0.255 e. The Morgan fingerprint density at radius 1 is 1.15 bits per heavy atom. The number of carbonyl (C=O) groups excluding carboxylic acids is 5. The van der Waals surface area contributed by atoms with Crippen molar-refractivity contribution in [1.82, 2.24) is 9.80 Å². The molecule has 2 fully saturated rings. The lowest BCUT2D eigenvalue weighted by molar-refractivity contribution is -0.182. The lowest BCUT2D eigenvalue weighted by atomic mass is 9.52. The highest BCUT2D eigenvalue weighted by atomic mass is 19.1. The van der Waals surface area contributed by atoms with Crippen LogP contribution < -0.4 is 11.1 Å². The molecule has 1 saturated carbocycles. The number of Topliss-reactive ketones (excluding diaryl/α,β-unsaturated/α-hetero) is 3. The molecule has 4 aliphatic rings. The third kappa shape index (κ3) is 4.00. The van der Waals surface area contributed by atoms with Gasteiger partial charge in [-0.05, 0) is 52.9 Å². The summed E-state index contributed by atoms with van der Waals surface area (Å²) in [6, 6.07) is -0.523. The standard InChI is InChI=1S/C27H31FN4O9/c1-31(2)19-13-8-11-7-12-14(28)9-15(30-16(33)10-32-5-3-4-6-32)20(34)17(12)22(36)26(11,40)25(39)27(13,41)23(37)18(21(19)35)24(29)38/h9,11,13,19,34,37,40-41H,3-8,10H2,1-2H3,(H2,29,38)(H,30,33)/t11-,13-,19-,26+,27+/m0/s1. The second-order valence-electron chi connectivity index (χ2n) is 11.4. The SMILES string of the molecule is CN(C)[C@@H]1C(=O)C(C(N)=O)=C(O)[C@@]2(O)C(=O)[C@]3(O)C(=O)c4c(O)c(NC(=O)CN5CCCC5)cc(F)c4C[C@H]3C[C@@H]12. The largest absolute Gasteiger partial charge is 0.508 e. The van der Waals surface area contributed by atoms with Gasteiger partial charge in [-0.25, -0.2) is 4.39 Å². The first kappa shape index (κ1) is 28.8. The van der Waals surface area contributed by atoms with Crippen molar-refractivity contribution in [2.75, 3.05) is 39.0 Å². The van der Waals surface area contributed by atoms with Crippen LogP contribution in [0, 0.1) is 17.7 Å². The number of aliphatic hydroxyl groups excluding tert-OH is 1. The Bertz CT molecular complexity index is 1440. The monoisotopic (exact) mass is 574 g/mol. The number of halogens is 1. The lowest BCUT2D eigenvalue weighted by Gasteiger charge is -2.54. The first-order chi connectivity index (χ1) is 19.1. The number of amides is 2. The Hall–Kier alpha value is -3.72. The van der Waals surface area contributed by atoms with E-state index in [0.29, 0.717) is 13.1 Å². The van der Waals surface area contributed by atoms with Crippen molar-refractivity contribution in [1.29, 1.82) is 0 Å². The predicted octanol–water partition coefficient (Wildman–Crippen LogP) is -1.22. The van der Waals surface area contributed by atoms with Crippen molar-refractivity contribution in [2.24, 2.45) is 17.6 Å². The molecule has 0 aromatic heterocycles. The van der Waals surface area contributed by atoms with Gasteiger partial charge in [-0.15, -0.1) is 0 Å². The summed E-state index contributed by atoms with van der Waals surface area (Å²) >= 11 is 0. The van der Waals surface area contributed by atoms with Gasteiger partial charge in [0.1, 0.15) is 17.1 Å². The van der Waals surface area contributed by atoms with Crippen molar-refractivity contribution < 1.29 is 48.8 Å². The van der Waals surface area contributed by atoms with Crippen molar-refractivity contribution in [3.63, 3.8) is 0 Å². The van der Waals surface area contributed by atoms with E-state index in [1.54, 1.807) is 0 Å². The molecule has 1 aromatic carbocycles. The van der Waals surface area contributed by atoms with Crippen LogP contribution in [0.2, 0.25) is 0 Å². The Labute approximate surface area is 233 Å². The fourth-order valence-corrected chi connectivity index (χ4v) is 6.91. The third-order valence-electron chi connectivity index (χ3n) is 8.87. The van der Waals surface area contributed by atoms with Crippen LogP contribution in [-0.2, 0) is 25.6 Å². The van der Waals surface area contributed by atoms with Gasteiger partial charge in [0.15, 0.2) is 22.7 Å². The highest BCUT2D eigenvalue weighted by Crippen LogP contribution is 2.54. The van der Waals surface area contributed by atoms with Crippen molar-refractivity contribution in [3.8, 4) is 5.75 Å². The molecule has 41 heavy (non-hydrogen) atoms. The summed E-state index contributed by atoms with van der Waals surface area (Å²) in [7, 11) is 2.85. The predicted molar refractivity (Wildman–Crippen MR) is 138 cm³/mol. The van der Waals surface area contributed by atoms with E-state index in [1.165, 1.54) is 19.0 Å². The summed E-state index contributed by atoms with van der Waals surface area (Å²) in [6.45, 7) is 1.34. The van der Waals surface area contributed by atoms with E-state index in [1.807, 2.05) is 4.90 Å². The fourth-order valence-electron chi connectivity index (χ4n) is 6.91. The number of rotatable bonds is 5. The van der Waals surface area contributed by atoms with Gasteiger partial charge in [0.05, 0.1) is 23.8 Å². The molecular formula is C27H31FN4O9. The number of hydrogen-bond donors (Lipinski definition) is 6. The summed E-state index contributed by atoms with van der Waals surface area (Å²) in [5.74, 6) is -12.1. The second kappa shape index (κ2) is 9.69. The van der Waals surface area contributed by atoms with Crippen LogP contribution in [0.4, 0.5) is 10.1 Å². The highest BCUT2D eigenvalue weighted by Gasteiger charge is 2.72.